The molecule has 0 bridgehead atoms. The van der Waals surface area contributed by atoms with Crippen LogP contribution < -0.4 is 5.32 Å². The standard InChI is InChI=1S/C21H14ClN3O/c22-16-11-12-18-17(13-16)20(21(26)23-18)25-24-19(14-7-3-1-4-8-14)15-9-5-2-6-10-15/h1-13H,(H,23,25,26). The van der Waals surface area contributed by atoms with Gasteiger partial charge in [-0.15, -0.1) is 10.2 Å². The number of rotatable bonds is 3. The molecule has 3 aromatic carbocycles. The van der Waals surface area contributed by atoms with Crippen molar-refractivity contribution in [1.82, 2.24) is 0 Å². The predicted molar refractivity (Wildman–Crippen MR) is 105 cm³/mol. The maximum atomic E-state index is 12.3. The zero-order valence-electron chi connectivity index (χ0n) is 13.7. The van der Waals surface area contributed by atoms with E-state index in [1.807, 2.05) is 60.7 Å². The summed E-state index contributed by atoms with van der Waals surface area (Å²) < 4.78 is 0. The number of nitrogens with zero attached hydrogens (tertiary/aromatic N) is 2. The molecule has 4 rings (SSSR count). The molecule has 0 radical (unpaired) electrons. The van der Waals surface area contributed by atoms with Crippen molar-refractivity contribution >= 4 is 34.6 Å². The molecule has 0 saturated heterocycles. The highest BCUT2D eigenvalue weighted by Crippen LogP contribution is 2.26. The van der Waals surface area contributed by atoms with Gasteiger partial charge in [0.25, 0.3) is 5.91 Å². The average molecular weight is 360 g/mol. The highest BCUT2D eigenvalue weighted by Gasteiger charge is 2.26. The van der Waals surface area contributed by atoms with E-state index in [1.165, 1.54) is 0 Å². The van der Waals surface area contributed by atoms with E-state index in [9.17, 15) is 4.79 Å². The van der Waals surface area contributed by atoms with Gasteiger partial charge in [0.05, 0.1) is 5.69 Å². The molecule has 1 amide bonds. The van der Waals surface area contributed by atoms with Crippen molar-refractivity contribution in [2.24, 2.45) is 10.2 Å². The lowest BCUT2D eigenvalue weighted by Gasteiger charge is -2.05. The van der Waals surface area contributed by atoms with Crippen molar-refractivity contribution in [3.05, 3.63) is 101 Å². The number of anilines is 1. The van der Waals surface area contributed by atoms with Gasteiger partial charge in [-0.2, -0.15) is 0 Å². The summed E-state index contributed by atoms with van der Waals surface area (Å²) in [4.78, 5) is 12.3. The van der Waals surface area contributed by atoms with E-state index >= 15 is 0 Å². The van der Waals surface area contributed by atoms with Gasteiger partial charge in [0.2, 0.25) is 0 Å². The lowest BCUT2D eigenvalue weighted by molar-refractivity contribution is -0.110. The summed E-state index contributed by atoms with van der Waals surface area (Å²) in [6.07, 6.45) is 0. The number of hydrogen-bond donors (Lipinski definition) is 1. The fraction of sp³-hybridized carbons (Fsp3) is 0. The van der Waals surface area contributed by atoms with Crippen LogP contribution in [0.5, 0.6) is 0 Å². The highest BCUT2D eigenvalue weighted by molar-refractivity contribution is 6.54. The lowest BCUT2D eigenvalue weighted by Crippen LogP contribution is -2.14. The summed E-state index contributed by atoms with van der Waals surface area (Å²) in [7, 11) is 0. The molecule has 26 heavy (non-hydrogen) atoms. The Morgan fingerprint density at radius 3 is 2.08 bits per heavy atom. The largest absolute Gasteiger partial charge is 0.320 e. The zero-order valence-corrected chi connectivity index (χ0v) is 14.4. The molecule has 1 aliphatic heterocycles. The SMILES string of the molecule is O=C1Nc2ccc(Cl)cc2/C1=N/N=C(c1ccccc1)c1ccccc1. The zero-order chi connectivity index (χ0) is 17.9. The number of hydrogen-bond acceptors (Lipinski definition) is 3. The van der Waals surface area contributed by atoms with Gasteiger partial charge >= 0.3 is 0 Å². The third-order valence-corrected chi connectivity index (χ3v) is 4.28. The van der Waals surface area contributed by atoms with Crippen LogP contribution in [0.4, 0.5) is 5.69 Å². The van der Waals surface area contributed by atoms with Crippen LogP contribution in [-0.2, 0) is 4.79 Å². The molecule has 0 saturated carbocycles. The Kier molecular flexibility index (Phi) is 4.33. The van der Waals surface area contributed by atoms with E-state index in [1.54, 1.807) is 18.2 Å². The molecule has 126 valence electrons. The number of carbonyl (C=O) groups is 1. The molecule has 0 fully saturated rings. The first-order chi connectivity index (χ1) is 12.7. The molecular formula is C21H14ClN3O. The highest BCUT2D eigenvalue weighted by atomic mass is 35.5. The molecular weight excluding hydrogens is 346 g/mol. The third kappa shape index (κ3) is 3.15. The van der Waals surface area contributed by atoms with Gasteiger partial charge in [-0.25, -0.2) is 0 Å². The van der Waals surface area contributed by atoms with Crippen molar-refractivity contribution in [2.45, 2.75) is 0 Å². The number of benzene rings is 3. The van der Waals surface area contributed by atoms with Crippen LogP contribution in [0.2, 0.25) is 5.02 Å². The topological polar surface area (TPSA) is 53.8 Å². The monoisotopic (exact) mass is 359 g/mol. The molecule has 0 atom stereocenters. The summed E-state index contributed by atoms with van der Waals surface area (Å²) in [5.41, 5.74) is 4.15. The van der Waals surface area contributed by atoms with Gasteiger partial charge in [-0.3, -0.25) is 4.79 Å². The molecule has 0 unspecified atom stereocenters. The quantitative estimate of drug-likeness (QED) is 0.542. The Morgan fingerprint density at radius 2 is 1.46 bits per heavy atom. The second-order valence-corrected chi connectivity index (χ2v) is 6.21. The minimum absolute atomic E-state index is 0.256. The minimum atomic E-state index is -0.286. The first-order valence-electron chi connectivity index (χ1n) is 8.10. The van der Waals surface area contributed by atoms with Gasteiger partial charge in [-0.05, 0) is 18.2 Å². The molecule has 0 spiro atoms. The van der Waals surface area contributed by atoms with Crippen LogP contribution >= 0.6 is 11.6 Å². The van der Waals surface area contributed by atoms with Crippen molar-refractivity contribution in [2.75, 3.05) is 5.32 Å². The summed E-state index contributed by atoms with van der Waals surface area (Å²) in [5.74, 6) is -0.286. The molecule has 5 heteroatoms. The van der Waals surface area contributed by atoms with E-state index in [-0.39, 0.29) is 11.6 Å². The Morgan fingerprint density at radius 1 is 0.846 bits per heavy atom. The molecule has 1 heterocycles. The molecule has 0 aromatic heterocycles. The smallest absolute Gasteiger partial charge is 0.276 e. The van der Waals surface area contributed by atoms with E-state index in [2.05, 4.69) is 15.5 Å². The number of carbonyl (C=O) groups excluding carboxylic acids is 1. The maximum absolute atomic E-state index is 12.3. The summed E-state index contributed by atoms with van der Waals surface area (Å²) in [6.45, 7) is 0. The van der Waals surface area contributed by atoms with Gasteiger partial charge in [0, 0.05) is 21.7 Å². The maximum Gasteiger partial charge on any atom is 0.276 e. The van der Waals surface area contributed by atoms with Crippen molar-refractivity contribution in [3.63, 3.8) is 0 Å². The Hall–Kier alpha value is -3.24. The number of halogens is 1. The van der Waals surface area contributed by atoms with E-state index in [0.29, 0.717) is 22.0 Å². The van der Waals surface area contributed by atoms with Crippen LogP contribution in [0.1, 0.15) is 16.7 Å². The molecule has 1 aliphatic rings. The number of amides is 1. The minimum Gasteiger partial charge on any atom is -0.320 e. The Bertz CT molecular complexity index is 986. The fourth-order valence-corrected chi connectivity index (χ4v) is 2.97. The van der Waals surface area contributed by atoms with Crippen LogP contribution in [0.15, 0.2) is 89.1 Å². The van der Waals surface area contributed by atoms with Gasteiger partial charge < -0.3 is 5.32 Å². The first-order valence-corrected chi connectivity index (χ1v) is 8.48. The van der Waals surface area contributed by atoms with Crippen molar-refractivity contribution in [3.8, 4) is 0 Å². The van der Waals surface area contributed by atoms with Crippen molar-refractivity contribution < 1.29 is 4.79 Å². The lowest BCUT2D eigenvalue weighted by atomic mass is 10.0. The second kappa shape index (κ2) is 6.94. The third-order valence-electron chi connectivity index (χ3n) is 4.04. The van der Waals surface area contributed by atoms with Crippen LogP contribution in [0.25, 0.3) is 0 Å². The van der Waals surface area contributed by atoms with Crippen LogP contribution in [0, 0.1) is 0 Å². The fourth-order valence-electron chi connectivity index (χ4n) is 2.80. The van der Waals surface area contributed by atoms with Crippen molar-refractivity contribution in [1.29, 1.82) is 0 Å². The van der Waals surface area contributed by atoms with Crippen LogP contribution in [-0.4, -0.2) is 17.3 Å². The molecule has 4 nitrogen and oxygen atoms in total. The van der Waals surface area contributed by atoms with E-state index in [0.717, 1.165) is 11.1 Å². The first kappa shape index (κ1) is 16.2. The summed E-state index contributed by atoms with van der Waals surface area (Å²) >= 11 is 6.06. The number of fused-ring (bicyclic) bond motifs is 1. The molecule has 1 N–H and O–H groups in total. The average Bonchev–Trinajstić information content (AvgIpc) is 2.98. The predicted octanol–water partition coefficient (Wildman–Crippen LogP) is 4.53. The Labute approximate surface area is 155 Å². The van der Waals surface area contributed by atoms with E-state index < -0.39 is 0 Å². The second-order valence-electron chi connectivity index (χ2n) is 5.77. The van der Waals surface area contributed by atoms with Gasteiger partial charge in [0.1, 0.15) is 5.71 Å². The van der Waals surface area contributed by atoms with Crippen LogP contribution in [0.3, 0.4) is 0 Å². The summed E-state index contributed by atoms with van der Waals surface area (Å²) in [5, 5.41) is 12.0. The normalized spacial score (nSPS) is 14.0. The summed E-state index contributed by atoms with van der Waals surface area (Å²) in [6, 6.07) is 24.7. The molecule has 3 aromatic rings. The van der Waals surface area contributed by atoms with E-state index in [4.69, 9.17) is 11.6 Å². The molecule has 0 aliphatic carbocycles. The number of nitrogens with one attached hydrogen (secondary N) is 1. The Balaban J connectivity index is 1.83. The van der Waals surface area contributed by atoms with Gasteiger partial charge in [-0.1, -0.05) is 72.3 Å². The van der Waals surface area contributed by atoms with Gasteiger partial charge in [0.15, 0.2) is 5.71 Å².